The fourth-order valence-corrected chi connectivity index (χ4v) is 9.15. The van der Waals surface area contributed by atoms with Crippen LogP contribution in [0.1, 0.15) is 62.5 Å². The Hall–Kier alpha value is -5.23. The van der Waals surface area contributed by atoms with E-state index in [1.165, 1.54) is 35.2 Å². The maximum atomic E-state index is 15.2. The Morgan fingerprint density at radius 1 is 0.962 bits per heavy atom. The maximum Gasteiger partial charge on any atom is 0.303 e. The zero-order valence-corrected chi connectivity index (χ0v) is 29.7. The summed E-state index contributed by atoms with van der Waals surface area (Å²) in [6.07, 6.45) is 3.69. The van der Waals surface area contributed by atoms with Gasteiger partial charge in [-0.15, -0.1) is 0 Å². The van der Waals surface area contributed by atoms with Crippen molar-refractivity contribution in [2.24, 2.45) is 23.7 Å². The number of imide groups is 2. The van der Waals surface area contributed by atoms with Gasteiger partial charge in [0.15, 0.2) is 11.5 Å². The number of fused-ring (bicyclic) bond motifs is 4. The van der Waals surface area contributed by atoms with Gasteiger partial charge in [0.2, 0.25) is 11.8 Å². The number of nitrogens with one attached hydrogen (secondary N) is 1. The van der Waals surface area contributed by atoms with Crippen LogP contribution in [0.5, 0.6) is 11.5 Å². The molecule has 3 aromatic rings. The molecular formula is C40H39ClFN3O8. The highest BCUT2D eigenvalue weighted by Crippen LogP contribution is 2.64. The number of benzene rings is 3. The lowest BCUT2D eigenvalue weighted by atomic mass is 9.49. The van der Waals surface area contributed by atoms with Crippen LogP contribution in [0.4, 0.5) is 10.1 Å². The van der Waals surface area contributed by atoms with Crippen LogP contribution < -0.4 is 10.2 Å². The minimum absolute atomic E-state index is 0.00268. The van der Waals surface area contributed by atoms with E-state index in [-0.39, 0.29) is 55.7 Å². The van der Waals surface area contributed by atoms with E-state index >= 15 is 4.79 Å². The summed E-state index contributed by atoms with van der Waals surface area (Å²) in [4.78, 5) is 70.3. The lowest BCUT2D eigenvalue weighted by Crippen LogP contribution is -2.53. The number of ether oxygens (including phenoxy) is 1. The van der Waals surface area contributed by atoms with Gasteiger partial charge in [0.05, 0.1) is 35.5 Å². The predicted octanol–water partition coefficient (Wildman–Crippen LogP) is 6.21. The second kappa shape index (κ2) is 14.3. The molecule has 1 saturated carbocycles. The van der Waals surface area contributed by atoms with Crippen LogP contribution in [0, 0.1) is 29.5 Å². The number of rotatable bonds is 12. The van der Waals surface area contributed by atoms with E-state index in [1.807, 2.05) is 6.08 Å². The molecule has 2 aliphatic carbocycles. The summed E-state index contributed by atoms with van der Waals surface area (Å²) in [5.41, 5.74) is 3.49. The summed E-state index contributed by atoms with van der Waals surface area (Å²) in [6.45, 7) is 2.18. The first-order valence-corrected chi connectivity index (χ1v) is 18.2. The van der Waals surface area contributed by atoms with Crippen LogP contribution in [-0.4, -0.2) is 62.9 Å². The van der Waals surface area contributed by atoms with Crippen molar-refractivity contribution in [3.63, 3.8) is 0 Å². The average Bonchev–Trinajstić information content (AvgIpc) is 3.50. The third-order valence-electron chi connectivity index (χ3n) is 11.2. The Morgan fingerprint density at radius 3 is 2.40 bits per heavy atom. The number of amides is 4. The summed E-state index contributed by atoms with van der Waals surface area (Å²) >= 11 is 6.35. The summed E-state index contributed by atoms with van der Waals surface area (Å²) in [5.74, 6) is -6.96. The number of carboxylic acids is 1. The number of phenolic OH excluding ortho intramolecular Hbond substituents is 1. The van der Waals surface area contributed by atoms with E-state index in [2.05, 4.69) is 5.43 Å². The Balaban J connectivity index is 1.36. The van der Waals surface area contributed by atoms with Gasteiger partial charge in [0.25, 0.3) is 11.8 Å². The van der Waals surface area contributed by atoms with E-state index in [0.717, 1.165) is 10.6 Å². The van der Waals surface area contributed by atoms with E-state index in [9.17, 15) is 28.7 Å². The van der Waals surface area contributed by atoms with Gasteiger partial charge in [0.1, 0.15) is 5.82 Å². The molecule has 3 fully saturated rings. The van der Waals surface area contributed by atoms with E-state index < -0.39 is 58.6 Å². The molecule has 6 atom stereocenters. The number of phenols is 1. The first-order valence-electron chi connectivity index (χ1n) is 17.9. The number of anilines is 1. The predicted molar refractivity (Wildman–Crippen MR) is 191 cm³/mol. The number of halogens is 2. The highest BCUT2D eigenvalue weighted by Gasteiger charge is 2.70. The highest BCUT2D eigenvalue weighted by molar-refractivity contribution is 6.30. The molecule has 11 nitrogen and oxygen atoms in total. The van der Waals surface area contributed by atoms with Crippen molar-refractivity contribution in [2.75, 3.05) is 18.6 Å². The topological polar surface area (TPSA) is 154 Å². The van der Waals surface area contributed by atoms with E-state index in [4.69, 9.17) is 21.4 Å². The molecule has 0 radical (unpaired) electrons. The second-order valence-corrected chi connectivity index (χ2v) is 14.5. The number of hydrogen-bond donors (Lipinski definition) is 3. The first-order chi connectivity index (χ1) is 25.5. The Labute approximate surface area is 310 Å². The largest absolute Gasteiger partial charge is 0.504 e. The van der Waals surface area contributed by atoms with Crippen molar-refractivity contribution in [1.82, 2.24) is 9.91 Å². The first kappa shape index (κ1) is 36.1. The van der Waals surface area contributed by atoms with E-state index in [1.54, 1.807) is 43.3 Å². The number of carboxylic acid groups (broad SMARTS) is 1. The number of nitrogens with zero attached hydrogens (tertiary/aromatic N) is 2. The number of aromatic hydroxyl groups is 1. The minimum atomic E-state index is -1.57. The van der Waals surface area contributed by atoms with Crippen molar-refractivity contribution in [2.45, 2.75) is 56.8 Å². The smallest absolute Gasteiger partial charge is 0.303 e. The molecule has 2 heterocycles. The van der Waals surface area contributed by atoms with Gasteiger partial charge < -0.3 is 14.9 Å². The molecule has 0 bridgehead atoms. The lowest BCUT2D eigenvalue weighted by molar-refractivity contribution is -0.141. The second-order valence-electron chi connectivity index (χ2n) is 14.1. The number of carbonyl (C=O) groups is 5. The molecule has 3 N–H and O–H groups in total. The van der Waals surface area contributed by atoms with Gasteiger partial charge >= 0.3 is 5.97 Å². The minimum Gasteiger partial charge on any atom is -0.504 e. The molecule has 7 rings (SSSR count). The zero-order chi connectivity index (χ0) is 37.6. The van der Waals surface area contributed by atoms with Crippen molar-refractivity contribution in [3.8, 4) is 11.5 Å². The molecule has 276 valence electrons. The number of allylic oxidation sites excluding steroid dienone is 2. The Morgan fingerprint density at radius 2 is 1.70 bits per heavy atom. The number of hydrazine groups is 1. The molecule has 13 heteroatoms. The van der Waals surface area contributed by atoms with Crippen molar-refractivity contribution in [1.29, 1.82) is 0 Å². The van der Waals surface area contributed by atoms with Gasteiger partial charge in [-0.1, -0.05) is 47.9 Å². The molecule has 0 aromatic heterocycles. The number of likely N-dealkylation sites (tertiary alicyclic amines) is 1. The van der Waals surface area contributed by atoms with Crippen LogP contribution in [0.3, 0.4) is 0 Å². The summed E-state index contributed by atoms with van der Waals surface area (Å²) < 4.78 is 19.6. The van der Waals surface area contributed by atoms with Crippen LogP contribution in [-0.2, 0) is 29.4 Å². The molecular weight excluding hydrogens is 705 g/mol. The number of carbonyl (C=O) groups excluding carboxylic acids is 4. The zero-order valence-electron chi connectivity index (χ0n) is 29.0. The van der Waals surface area contributed by atoms with Crippen LogP contribution in [0.25, 0.3) is 0 Å². The van der Waals surface area contributed by atoms with Gasteiger partial charge in [-0.05, 0) is 98.2 Å². The highest BCUT2D eigenvalue weighted by atomic mass is 35.5. The molecule has 53 heavy (non-hydrogen) atoms. The average molecular weight is 744 g/mol. The molecule has 4 aliphatic rings. The molecule has 4 amide bonds. The monoisotopic (exact) mass is 743 g/mol. The molecule has 2 saturated heterocycles. The molecule has 0 spiro atoms. The van der Waals surface area contributed by atoms with E-state index in [0.29, 0.717) is 41.1 Å². The summed E-state index contributed by atoms with van der Waals surface area (Å²) in [6, 6.07) is 16.8. The Kier molecular flexibility index (Phi) is 9.75. The molecule has 3 aromatic carbocycles. The number of unbranched alkanes of at least 4 members (excludes halogenated alkanes) is 2. The van der Waals surface area contributed by atoms with Crippen LogP contribution in [0.15, 0.2) is 78.4 Å². The summed E-state index contributed by atoms with van der Waals surface area (Å²) in [5, 5.41) is 21.1. The number of aliphatic carboxylic acids is 1. The third-order valence-corrected chi connectivity index (χ3v) is 11.5. The van der Waals surface area contributed by atoms with Gasteiger partial charge in [-0.3, -0.25) is 34.3 Å². The molecule has 2 aliphatic heterocycles. The van der Waals surface area contributed by atoms with Gasteiger partial charge in [-0.25, -0.2) is 4.39 Å². The van der Waals surface area contributed by atoms with Gasteiger partial charge in [-0.2, -0.15) is 5.01 Å². The standard InChI is InChI=1S/C40H39ClFN3O8/c1-2-53-32-20-22(7-18-31(32)46)35-27-16-17-28-34(38(51)44(36(28)49)19-5-3-4-6-33(47)48)29(27)21-30-37(50)45(43-26-14-12-25(42)13-15-26)39(52)40(30,35)23-8-10-24(41)11-9-23/h7-16,18,20,28-30,34-35,43,46H,2-6,17,19,21H2,1H3,(H,47,48). The summed E-state index contributed by atoms with van der Waals surface area (Å²) in [7, 11) is 0. The van der Waals surface area contributed by atoms with Crippen LogP contribution in [0.2, 0.25) is 5.02 Å². The normalized spacial score (nSPS) is 26.2. The van der Waals surface area contributed by atoms with Gasteiger partial charge in [0, 0.05) is 23.9 Å². The fourth-order valence-electron chi connectivity index (χ4n) is 9.02. The number of hydrogen-bond acceptors (Lipinski definition) is 8. The maximum absolute atomic E-state index is 15.2. The third kappa shape index (κ3) is 6.12. The lowest BCUT2D eigenvalue weighted by Gasteiger charge is -2.50. The van der Waals surface area contributed by atoms with Crippen molar-refractivity contribution < 1.29 is 43.3 Å². The van der Waals surface area contributed by atoms with Crippen molar-refractivity contribution in [3.05, 3.63) is 100 Å². The quantitative estimate of drug-likeness (QED) is 0.112. The SMILES string of the molecule is CCOc1cc(C2C3=CCC4C(=O)N(CCCCCC(=O)O)C(=O)C4C3CC3C(=O)N(Nc4ccc(F)cc4)C(=O)C32c2ccc(Cl)cc2)ccc1O. The van der Waals surface area contributed by atoms with Crippen LogP contribution >= 0.6 is 11.6 Å². The van der Waals surface area contributed by atoms with Crippen molar-refractivity contribution >= 4 is 46.9 Å². The fraction of sp³-hybridized carbons (Fsp3) is 0.375. The molecule has 6 unspecified atom stereocenters. The Bertz CT molecular complexity index is 2000.